The lowest BCUT2D eigenvalue weighted by molar-refractivity contribution is -0.129. The smallest absolute Gasteiger partial charge is 0.140 e. The van der Waals surface area contributed by atoms with Crippen LogP contribution in [0, 0.1) is 0 Å². The van der Waals surface area contributed by atoms with E-state index >= 15 is 0 Å². The van der Waals surface area contributed by atoms with Gasteiger partial charge in [-0.05, 0) is 23.1 Å². The Morgan fingerprint density at radius 1 is 1.25 bits per heavy atom. The minimum absolute atomic E-state index is 0.0997. The molecule has 1 aromatic carbocycles. The van der Waals surface area contributed by atoms with Crippen molar-refractivity contribution >= 4 is 5.78 Å². The molecule has 2 nitrogen and oxygen atoms in total. The second-order valence-corrected chi connectivity index (χ2v) is 5.46. The Bertz CT molecular complexity index is 393. The third-order valence-corrected chi connectivity index (χ3v) is 2.91. The van der Waals surface area contributed by atoms with Crippen molar-refractivity contribution in [3.05, 3.63) is 29.8 Å². The average Bonchev–Trinajstić information content (AvgIpc) is 2.14. The van der Waals surface area contributed by atoms with Crippen LogP contribution in [0.4, 0.5) is 0 Å². The molecule has 2 heteroatoms. The van der Waals surface area contributed by atoms with Crippen LogP contribution in [0.25, 0.3) is 0 Å². The summed E-state index contributed by atoms with van der Waals surface area (Å²) in [7, 11) is 0. The second kappa shape index (κ2) is 3.93. The largest absolute Gasteiger partial charge is 0.490 e. The molecule has 2 rings (SSSR count). The van der Waals surface area contributed by atoms with E-state index < -0.39 is 0 Å². The number of Topliss-reactive ketones (excluding diaryl/α,β-unsaturated/α-hetero) is 1. The molecule has 1 aromatic rings. The van der Waals surface area contributed by atoms with Crippen molar-refractivity contribution in [2.45, 2.75) is 45.1 Å². The summed E-state index contributed by atoms with van der Waals surface area (Å²) >= 11 is 0. The van der Waals surface area contributed by atoms with Gasteiger partial charge in [-0.2, -0.15) is 0 Å². The van der Waals surface area contributed by atoms with Crippen LogP contribution in [-0.4, -0.2) is 11.9 Å². The van der Waals surface area contributed by atoms with Gasteiger partial charge in [-0.1, -0.05) is 32.9 Å². The maximum Gasteiger partial charge on any atom is 0.140 e. The van der Waals surface area contributed by atoms with Crippen LogP contribution >= 0.6 is 0 Å². The van der Waals surface area contributed by atoms with Crippen LogP contribution in [-0.2, 0) is 10.2 Å². The van der Waals surface area contributed by atoms with E-state index in [1.807, 2.05) is 12.1 Å². The summed E-state index contributed by atoms with van der Waals surface area (Å²) in [6.45, 7) is 6.54. The zero-order valence-electron chi connectivity index (χ0n) is 10.1. The third-order valence-electron chi connectivity index (χ3n) is 2.91. The van der Waals surface area contributed by atoms with Crippen molar-refractivity contribution in [2.24, 2.45) is 0 Å². The Morgan fingerprint density at radius 3 is 2.50 bits per heavy atom. The summed E-state index contributed by atoms with van der Waals surface area (Å²) in [6, 6.07) is 8.15. The molecule has 0 atom stereocenters. The zero-order valence-corrected chi connectivity index (χ0v) is 10.1. The van der Waals surface area contributed by atoms with E-state index in [-0.39, 0.29) is 11.5 Å². The quantitative estimate of drug-likeness (QED) is 0.762. The Hall–Kier alpha value is -1.31. The Morgan fingerprint density at radius 2 is 1.94 bits per heavy atom. The molecule has 86 valence electrons. The SMILES string of the molecule is CC(C)(C)c1cccc(OC2CC(=O)C2)c1. The number of benzene rings is 1. The summed E-state index contributed by atoms with van der Waals surface area (Å²) in [4.78, 5) is 10.8. The second-order valence-electron chi connectivity index (χ2n) is 5.46. The molecular weight excluding hydrogens is 200 g/mol. The molecule has 1 fully saturated rings. The molecule has 1 aliphatic rings. The van der Waals surface area contributed by atoms with Crippen molar-refractivity contribution in [3.63, 3.8) is 0 Å². The topological polar surface area (TPSA) is 26.3 Å². The van der Waals surface area contributed by atoms with E-state index in [1.54, 1.807) is 0 Å². The molecule has 0 radical (unpaired) electrons. The van der Waals surface area contributed by atoms with Gasteiger partial charge in [-0.3, -0.25) is 4.79 Å². The standard InChI is InChI=1S/C14H18O2/c1-14(2,3)10-5-4-6-12(7-10)16-13-8-11(15)9-13/h4-7,13H,8-9H2,1-3H3. The van der Waals surface area contributed by atoms with Gasteiger partial charge < -0.3 is 4.74 Å². The minimum Gasteiger partial charge on any atom is -0.490 e. The van der Waals surface area contributed by atoms with Gasteiger partial charge >= 0.3 is 0 Å². The molecule has 1 aliphatic carbocycles. The first-order valence-electron chi connectivity index (χ1n) is 5.74. The lowest BCUT2D eigenvalue weighted by Crippen LogP contribution is -2.33. The summed E-state index contributed by atoms with van der Waals surface area (Å²) < 4.78 is 5.74. The highest BCUT2D eigenvalue weighted by Gasteiger charge is 2.28. The van der Waals surface area contributed by atoms with Crippen LogP contribution in [0.1, 0.15) is 39.2 Å². The van der Waals surface area contributed by atoms with Gasteiger partial charge in [0.1, 0.15) is 17.6 Å². The molecule has 0 amide bonds. The van der Waals surface area contributed by atoms with Crippen molar-refractivity contribution in [1.82, 2.24) is 0 Å². The normalized spacial score (nSPS) is 17.1. The summed E-state index contributed by atoms with van der Waals surface area (Å²) in [6.07, 6.45) is 1.24. The van der Waals surface area contributed by atoms with Crippen molar-refractivity contribution in [1.29, 1.82) is 0 Å². The number of carbonyl (C=O) groups excluding carboxylic acids is 1. The molecule has 0 heterocycles. The van der Waals surface area contributed by atoms with Gasteiger partial charge in [-0.15, -0.1) is 0 Å². The number of ketones is 1. The maximum atomic E-state index is 10.8. The highest BCUT2D eigenvalue weighted by molar-refractivity contribution is 5.85. The zero-order chi connectivity index (χ0) is 11.8. The monoisotopic (exact) mass is 218 g/mol. The first-order chi connectivity index (χ1) is 7.45. The molecule has 0 bridgehead atoms. The average molecular weight is 218 g/mol. The van der Waals surface area contributed by atoms with E-state index in [4.69, 9.17) is 4.74 Å². The van der Waals surface area contributed by atoms with Crippen LogP contribution in [0.3, 0.4) is 0 Å². The number of ether oxygens (including phenoxy) is 1. The predicted molar refractivity (Wildman–Crippen MR) is 63.8 cm³/mol. The van der Waals surface area contributed by atoms with Crippen molar-refractivity contribution < 1.29 is 9.53 Å². The van der Waals surface area contributed by atoms with Crippen LogP contribution in [0.15, 0.2) is 24.3 Å². The first kappa shape index (κ1) is 11.2. The number of hydrogen-bond acceptors (Lipinski definition) is 2. The maximum absolute atomic E-state index is 10.8. The Labute approximate surface area is 96.6 Å². The van der Waals surface area contributed by atoms with E-state index in [2.05, 4.69) is 32.9 Å². The van der Waals surface area contributed by atoms with Gasteiger partial charge in [0.25, 0.3) is 0 Å². The summed E-state index contributed by atoms with van der Waals surface area (Å²) in [5.41, 5.74) is 1.39. The fraction of sp³-hybridized carbons (Fsp3) is 0.500. The molecule has 1 saturated carbocycles. The molecule has 0 aromatic heterocycles. The fourth-order valence-corrected chi connectivity index (χ4v) is 1.76. The van der Waals surface area contributed by atoms with Crippen molar-refractivity contribution in [2.75, 3.05) is 0 Å². The van der Waals surface area contributed by atoms with Crippen LogP contribution in [0.5, 0.6) is 5.75 Å². The Kier molecular flexibility index (Phi) is 2.75. The van der Waals surface area contributed by atoms with E-state index in [0.717, 1.165) is 5.75 Å². The highest BCUT2D eigenvalue weighted by atomic mass is 16.5. The van der Waals surface area contributed by atoms with E-state index in [9.17, 15) is 4.79 Å². The van der Waals surface area contributed by atoms with E-state index in [0.29, 0.717) is 18.6 Å². The van der Waals surface area contributed by atoms with E-state index in [1.165, 1.54) is 5.56 Å². The molecule has 0 unspecified atom stereocenters. The van der Waals surface area contributed by atoms with Crippen molar-refractivity contribution in [3.8, 4) is 5.75 Å². The first-order valence-corrected chi connectivity index (χ1v) is 5.74. The number of rotatable bonds is 2. The molecule has 0 N–H and O–H groups in total. The van der Waals surface area contributed by atoms with Gasteiger partial charge in [-0.25, -0.2) is 0 Å². The fourth-order valence-electron chi connectivity index (χ4n) is 1.76. The molecule has 0 spiro atoms. The highest BCUT2D eigenvalue weighted by Crippen LogP contribution is 2.28. The molecular formula is C14H18O2. The van der Waals surface area contributed by atoms with Gasteiger partial charge in [0, 0.05) is 12.8 Å². The minimum atomic E-state index is 0.0997. The summed E-state index contributed by atoms with van der Waals surface area (Å²) in [5.74, 6) is 1.18. The lowest BCUT2D eigenvalue weighted by atomic mass is 9.87. The van der Waals surface area contributed by atoms with Gasteiger partial charge in [0.15, 0.2) is 0 Å². The Balaban J connectivity index is 2.07. The van der Waals surface area contributed by atoms with Gasteiger partial charge in [0.2, 0.25) is 0 Å². The summed E-state index contributed by atoms with van der Waals surface area (Å²) in [5, 5.41) is 0. The van der Waals surface area contributed by atoms with Gasteiger partial charge in [0.05, 0.1) is 0 Å². The number of carbonyl (C=O) groups is 1. The van der Waals surface area contributed by atoms with Crippen LogP contribution in [0.2, 0.25) is 0 Å². The predicted octanol–water partition coefficient (Wildman–Crippen LogP) is 3.09. The molecule has 0 saturated heterocycles. The third kappa shape index (κ3) is 2.43. The van der Waals surface area contributed by atoms with Crippen LogP contribution < -0.4 is 4.74 Å². The number of hydrogen-bond donors (Lipinski definition) is 0. The molecule has 0 aliphatic heterocycles. The lowest BCUT2D eigenvalue weighted by Gasteiger charge is -2.26. The molecule has 16 heavy (non-hydrogen) atoms.